The molecule has 10 nitrogen and oxygen atoms in total. The van der Waals surface area contributed by atoms with Crippen molar-refractivity contribution in [1.29, 1.82) is 0 Å². The van der Waals surface area contributed by atoms with Crippen LogP contribution in [0, 0.1) is 0 Å². The maximum absolute atomic E-state index is 6.85. The van der Waals surface area contributed by atoms with Crippen molar-refractivity contribution in [2.45, 2.75) is 94.9 Å². The van der Waals surface area contributed by atoms with E-state index < -0.39 is 55.3 Å². The van der Waals surface area contributed by atoms with Crippen molar-refractivity contribution in [2.24, 2.45) is 0 Å². The van der Waals surface area contributed by atoms with Gasteiger partial charge in [-0.05, 0) is 33.4 Å². The Morgan fingerprint density at radius 2 is 0.609 bits per heavy atom. The fourth-order valence-electron chi connectivity index (χ4n) is 8.00. The molecule has 8 rings (SSSR count). The highest BCUT2D eigenvalue weighted by molar-refractivity contribution is 5.18. The van der Waals surface area contributed by atoms with Crippen LogP contribution in [0.15, 0.2) is 182 Å². The molecule has 0 spiro atoms. The number of rotatable bonds is 23. The standard InChI is InChI=1S/C54H58O10/c1-55-53-52(61-37-45-30-18-7-19-31-45)50(59-35-43-26-14-5-15-27-43)48(57-33-41-22-10-3-11-23-41)47(63-53)39-62-54-51(60-36-44-28-16-6-17-29-44)49(58-34-42-24-12-4-13-25-42)46(64-54)38-56-32-40-20-8-2-9-21-40/h2-31,46-54H,32-39H2,1H3/t46?,47-,48-,49?,50+,51?,52-,53+,54?/m1/s1. The first kappa shape index (κ1) is 45.5. The van der Waals surface area contributed by atoms with Gasteiger partial charge in [-0.2, -0.15) is 0 Å². The number of hydrogen-bond donors (Lipinski definition) is 0. The van der Waals surface area contributed by atoms with Crippen molar-refractivity contribution in [1.82, 2.24) is 0 Å². The van der Waals surface area contributed by atoms with Gasteiger partial charge in [0.25, 0.3) is 0 Å². The second-order valence-corrected chi connectivity index (χ2v) is 16.0. The Bertz CT molecular complexity index is 2170. The monoisotopic (exact) mass is 866 g/mol. The molecule has 0 radical (unpaired) electrons. The van der Waals surface area contributed by atoms with Crippen LogP contribution in [0.2, 0.25) is 0 Å². The topological polar surface area (TPSA) is 92.3 Å². The summed E-state index contributed by atoms with van der Waals surface area (Å²) in [5.74, 6) is 0. The minimum Gasteiger partial charge on any atom is -0.374 e. The van der Waals surface area contributed by atoms with Gasteiger partial charge < -0.3 is 47.4 Å². The largest absolute Gasteiger partial charge is 0.374 e. The zero-order chi connectivity index (χ0) is 43.6. The van der Waals surface area contributed by atoms with Crippen LogP contribution in [-0.4, -0.2) is 75.6 Å². The number of ether oxygens (including phenoxy) is 10. The van der Waals surface area contributed by atoms with E-state index in [1.54, 1.807) is 7.11 Å². The van der Waals surface area contributed by atoms with Crippen LogP contribution in [0.3, 0.4) is 0 Å². The van der Waals surface area contributed by atoms with Crippen LogP contribution in [0.5, 0.6) is 0 Å². The third-order valence-corrected chi connectivity index (χ3v) is 11.3. The molecule has 10 heteroatoms. The van der Waals surface area contributed by atoms with Crippen LogP contribution in [0.1, 0.15) is 33.4 Å². The van der Waals surface area contributed by atoms with Crippen LogP contribution in [0.25, 0.3) is 0 Å². The van der Waals surface area contributed by atoms with Crippen molar-refractivity contribution in [3.8, 4) is 0 Å². The van der Waals surface area contributed by atoms with Gasteiger partial charge in [0.2, 0.25) is 0 Å². The fraction of sp³-hybridized carbons (Fsp3) is 0.333. The molecule has 6 aromatic rings. The minimum atomic E-state index is -0.857. The van der Waals surface area contributed by atoms with Crippen LogP contribution < -0.4 is 0 Å². The molecule has 0 aliphatic carbocycles. The highest BCUT2D eigenvalue weighted by Gasteiger charge is 2.51. The molecule has 0 amide bonds. The molecule has 0 N–H and O–H groups in total. The van der Waals surface area contributed by atoms with Crippen LogP contribution in [0.4, 0.5) is 0 Å². The maximum Gasteiger partial charge on any atom is 0.187 e. The molecule has 9 atom stereocenters. The zero-order valence-corrected chi connectivity index (χ0v) is 36.3. The second kappa shape index (κ2) is 24.3. The van der Waals surface area contributed by atoms with Gasteiger partial charge in [0.15, 0.2) is 12.6 Å². The van der Waals surface area contributed by atoms with Crippen LogP contribution >= 0.6 is 0 Å². The molecule has 0 aromatic heterocycles. The first-order valence-electron chi connectivity index (χ1n) is 22.0. The lowest BCUT2D eigenvalue weighted by molar-refractivity contribution is -0.328. The summed E-state index contributed by atoms with van der Waals surface area (Å²) in [7, 11) is 1.61. The first-order chi connectivity index (χ1) is 31.7. The van der Waals surface area contributed by atoms with E-state index in [1.165, 1.54) is 0 Å². The summed E-state index contributed by atoms with van der Waals surface area (Å²) >= 11 is 0. The predicted octanol–water partition coefficient (Wildman–Crippen LogP) is 9.24. The summed E-state index contributed by atoms with van der Waals surface area (Å²) < 4.78 is 66.6. The first-order valence-corrected chi connectivity index (χ1v) is 22.0. The lowest BCUT2D eigenvalue weighted by atomic mass is 9.97. The Labute approximate surface area is 376 Å². The van der Waals surface area contributed by atoms with Gasteiger partial charge in [-0.1, -0.05) is 182 Å². The average Bonchev–Trinajstić information content (AvgIpc) is 3.69. The molecular formula is C54H58O10. The van der Waals surface area contributed by atoms with Gasteiger partial charge in [-0.25, -0.2) is 0 Å². The van der Waals surface area contributed by atoms with Crippen molar-refractivity contribution < 1.29 is 47.4 Å². The van der Waals surface area contributed by atoms with Crippen LogP contribution in [-0.2, 0) is 87.0 Å². The molecule has 2 saturated heterocycles. The van der Waals surface area contributed by atoms with E-state index in [1.807, 2.05) is 182 Å². The van der Waals surface area contributed by atoms with E-state index in [-0.39, 0.29) is 13.2 Å². The molecule has 4 unspecified atom stereocenters. The molecule has 6 aromatic carbocycles. The Kier molecular flexibility index (Phi) is 17.3. The Morgan fingerprint density at radius 3 is 1.00 bits per heavy atom. The summed E-state index contributed by atoms with van der Waals surface area (Å²) in [6, 6.07) is 60.3. The molecule has 64 heavy (non-hydrogen) atoms. The fourth-order valence-corrected chi connectivity index (χ4v) is 8.00. The van der Waals surface area contributed by atoms with Gasteiger partial charge in [-0.3, -0.25) is 0 Å². The van der Waals surface area contributed by atoms with Crippen molar-refractivity contribution in [3.63, 3.8) is 0 Å². The third kappa shape index (κ3) is 13.0. The van der Waals surface area contributed by atoms with E-state index in [4.69, 9.17) is 47.4 Å². The Morgan fingerprint density at radius 1 is 0.312 bits per heavy atom. The highest BCUT2D eigenvalue weighted by atomic mass is 16.8. The summed E-state index contributed by atoms with van der Waals surface area (Å²) in [5, 5.41) is 0. The van der Waals surface area contributed by atoms with Gasteiger partial charge in [0.05, 0.1) is 52.9 Å². The number of methoxy groups -OCH3 is 1. The molecule has 2 aliphatic rings. The average molecular weight is 867 g/mol. The van der Waals surface area contributed by atoms with E-state index in [9.17, 15) is 0 Å². The number of hydrogen-bond acceptors (Lipinski definition) is 10. The summed E-state index contributed by atoms with van der Waals surface area (Å²) in [5.41, 5.74) is 6.13. The SMILES string of the molecule is CO[C@H]1O[C@H](COC2OC(COCc3ccccc3)C(OCc3ccccc3)C2OCc2ccccc2)[C@@H](OCc2ccccc2)[C@H](OCc2ccccc2)[C@H]1OCc1ccccc1. The lowest BCUT2D eigenvalue weighted by Gasteiger charge is -2.45. The van der Waals surface area contributed by atoms with E-state index in [0.29, 0.717) is 39.6 Å². The predicted molar refractivity (Wildman–Crippen MR) is 241 cm³/mol. The van der Waals surface area contributed by atoms with Gasteiger partial charge >= 0.3 is 0 Å². The molecule has 334 valence electrons. The molecule has 2 heterocycles. The molecular weight excluding hydrogens is 809 g/mol. The summed E-state index contributed by atoms with van der Waals surface area (Å²) in [6.07, 6.45) is -5.97. The molecule has 2 aliphatic heterocycles. The van der Waals surface area contributed by atoms with Gasteiger partial charge in [0, 0.05) is 7.11 Å². The van der Waals surface area contributed by atoms with Crippen molar-refractivity contribution in [3.05, 3.63) is 215 Å². The second-order valence-electron chi connectivity index (χ2n) is 16.0. The molecule has 0 saturated carbocycles. The maximum atomic E-state index is 6.85. The highest BCUT2D eigenvalue weighted by Crippen LogP contribution is 2.34. The smallest absolute Gasteiger partial charge is 0.187 e. The molecule has 2 fully saturated rings. The minimum absolute atomic E-state index is 0.0504. The zero-order valence-electron chi connectivity index (χ0n) is 36.3. The normalized spacial score (nSPS) is 24.4. The van der Waals surface area contributed by atoms with E-state index in [0.717, 1.165) is 33.4 Å². The molecule has 0 bridgehead atoms. The van der Waals surface area contributed by atoms with E-state index >= 15 is 0 Å². The summed E-state index contributed by atoms with van der Waals surface area (Å²) in [6.45, 7) is 2.33. The number of benzene rings is 6. The van der Waals surface area contributed by atoms with Gasteiger partial charge in [-0.15, -0.1) is 0 Å². The Hall–Kier alpha value is -5.08. The van der Waals surface area contributed by atoms with Crippen molar-refractivity contribution in [2.75, 3.05) is 20.3 Å². The lowest BCUT2D eigenvalue weighted by Crippen LogP contribution is -2.61. The third-order valence-electron chi connectivity index (χ3n) is 11.3. The van der Waals surface area contributed by atoms with Gasteiger partial charge in [0.1, 0.15) is 42.7 Å². The Balaban J connectivity index is 1.06. The quantitative estimate of drug-likeness (QED) is 0.0621. The van der Waals surface area contributed by atoms with Crippen molar-refractivity contribution >= 4 is 0 Å². The summed E-state index contributed by atoms with van der Waals surface area (Å²) in [4.78, 5) is 0. The van der Waals surface area contributed by atoms with E-state index in [2.05, 4.69) is 0 Å².